The summed E-state index contributed by atoms with van der Waals surface area (Å²) in [5, 5.41) is 0. The van der Waals surface area contributed by atoms with Crippen LogP contribution in [-0.4, -0.2) is 39.0 Å². The molecule has 2 unspecified atom stereocenters. The molecule has 1 fully saturated rings. The Hall–Kier alpha value is -0.820. The van der Waals surface area contributed by atoms with Gasteiger partial charge in [-0.1, -0.05) is 6.92 Å². The fourth-order valence-electron chi connectivity index (χ4n) is 2.24. The predicted octanol–water partition coefficient (Wildman–Crippen LogP) is 1.47. The Morgan fingerprint density at radius 2 is 1.90 bits per heavy atom. The van der Waals surface area contributed by atoms with Crippen LogP contribution in [-0.2, 0) is 10.0 Å². The standard InChI is InChI=1S/C13H20N2O3S.ClH/c1-10-9-15(8-7-13(10)14)19(16,17)12-5-3-11(18-2)4-6-12;/h3-6,10,13H,7-9,14H2,1-2H3;1H. The van der Waals surface area contributed by atoms with Crippen LogP contribution in [0.15, 0.2) is 29.2 Å². The van der Waals surface area contributed by atoms with Gasteiger partial charge in [0.15, 0.2) is 0 Å². The number of halogens is 1. The minimum absolute atomic E-state index is 0. The van der Waals surface area contributed by atoms with Gasteiger partial charge in [0.05, 0.1) is 12.0 Å². The Balaban J connectivity index is 0.00000200. The zero-order chi connectivity index (χ0) is 14.0. The van der Waals surface area contributed by atoms with Gasteiger partial charge in [-0.15, -0.1) is 12.4 Å². The van der Waals surface area contributed by atoms with Crippen molar-refractivity contribution in [2.75, 3.05) is 20.2 Å². The van der Waals surface area contributed by atoms with Crippen LogP contribution < -0.4 is 10.5 Å². The number of sulfonamides is 1. The molecule has 0 radical (unpaired) electrons. The number of piperidine rings is 1. The van der Waals surface area contributed by atoms with E-state index in [9.17, 15) is 8.42 Å². The number of nitrogens with two attached hydrogens (primary N) is 1. The monoisotopic (exact) mass is 320 g/mol. The van der Waals surface area contributed by atoms with Crippen molar-refractivity contribution >= 4 is 22.4 Å². The van der Waals surface area contributed by atoms with E-state index in [1.54, 1.807) is 31.4 Å². The Bertz CT molecular complexity index is 533. The second-order valence-corrected chi connectivity index (χ2v) is 6.91. The second kappa shape index (κ2) is 6.76. The number of hydrogen-bond donors (Lipinski definition) is 1. The highest BCUT2D eigenvalue weighted by Gasteiger charge is 2.31. The summed E-state index contributed by atoms with van der Waals surface area (Å²) in [6.45, 7) is 2.95. The molecule has 0 aliphatic carbocycles. The summed E-state index contributed by atoms with van der Waals surface area (Å²) in [6, 6.07) is 6.56. The van der Waals surface area contributed by atoms with E-state index in [1.807, 2.05) is 6.92 Å². The fraction of sp³-hybridized carbons (Fsp3) is 0.538. The van der Waals surface area contributed by atoms with E-state index < -0.39 is 10.0 Å². The van der Waals surface area contributed by atoms with Gasteiger partial charge >= 0.3 is 0 Å². The molecule has 20 heavy (non-hydrogen) atoms. The molecule has 7 heteroatoms. The summed E-state index contributed by atoms with van der Waals surface area (Å²) >= 11 is 0. The first-order valence-corrected chi connectivity index (χ1v) is 7.79. The van der Waals surface area contributed by atoms with E-state index in [4.69, 9.17) is 10.5 Å². The summed E-state index contributed by atoms with van der Waals surface area (Å²) in [6.07, 6.45) is 0.705. The highest BCUT2D eigenvalue weighted by molar-refractivity contribution is 7.89. The Morgan fingerprint density at radius 1 is 1.30 bits per heavy atom. The number of nitrogens with zero attached hydrogens (tertiary/aromatic N) is 1. The Kier molecular flexibility index (Phi) is 5.82. The van der Waals surface area contributed by atoms with E-state index in [0.717, 1.165) is 0 Å². The van der Waals surface area contributed by atoms with Gasteiger partial charge in [0, 0.05) is 19.1 Å². The lowest BCUT2D eigenvalue weighted by Gasteiger charge is -2.34. The maximum atomic E-state index is 12.5. The molecule has 1 aliphatic rings. The van der Waals surface area contributed by atoms with Gasteiger partial charge < -0.3 is 10.5 Å². The van der Waals surface area contributed by atoms with E-state index >= 15 is 0 Å². The summed E-state index contributed by atoms with van der Waals surface area (Å²) in [5.41, 5.74) is 5.92. The average Bonchev–Trinajstić information content (AvgIpc) is 2.41. The van der Waals surface area contributed by atoms with Gasteiger partial charge in [0.1, 0.15) is 5.75 Å². The van der Waals surface area contributed by atoms with Gasteiger partial charge in [-0.05, 0) is 36.6 Å². The third-order valence-electron chi connectivity index (χ3n) is 3.63. The molecule has 0 aromatic heterocycles. The SMILES string of the molecule is COc1ccc(S(=O)(=O)N2CCC(N)C(C)C2)cc1.Cl. The smallest absolute Gasteiger partial charge is 0.243 e. The molecule has 1 heterocycles. The summed E-state index contributed by atoms with van der Waals surface area (Å²) < 4.78 is 31.5. The van der Waals surface area contributed by atoms with Crippen molar-refractivity contribution in [1.82, 2.24) is 4.31 Å². The zero-order valence-corrected chi connectivity index (χ0v) is 13.3. The Morgan fingerprint density at radius 3 is 2.40 bits per heavy atom. The molecule has 114 valence electrons. The maximum Gasteiger partial charge on any atom is 0.243 e. The van der Waals surface area contributed by atoms with Gasteiger partial charge in [-0.25, -0.2) is 8.42 Å². The van der Waals surface area contributed by atoms with Crippen LogP contribution in [0, 0.1) is 5.92 Å². The van der Waals surface area contributed by atoms with Gasteiger partial charge in [-0.2, -0.15) is 4.31 Å². The largest absolute Gasteiger partial charge is 0.497 e. The molecule has 5 nitrogen and oxygen atoms in total. The number of benzene rings is 1. The predicted molar refractivity (Wildman–Crippen MR) is 80.8 cm³/mol. The number of rotatable bonds is 3. The first kappa shape index (κ1) is 17.2. The number of hydrogen-bond acceptors (Lipinski definition) is 4. The molecular formula is C13H21ClN2O3S. The highest BCUT2D eigenvalue weighted by atomic mass is 35.5. The lowest BCUT2D eigenvalue weighted by atomic mass is 9.96. The molecule has 0 saturated carbocycles. The van der Waals surface area contributed by atoms with Crippen molar-refractivity contribution in [3.05, 3.63) is 24.3 Å². The molecule has 1 saturated heterocycles. The zero-order valence-electron chi connectivity index (χ0n) is 11.7. The summed E-state index contributed by atoms with van der Waals surface area (Å²) in [7, 11) is -1.87. The van der Waals surface area contributed by atoms with Crippen LogP contribution in [0.5, 0.6) is 5.75 Å². The average molecular weight is 321 g/mol. The van der Waals surface area contributed by atoms with Crippen LogP contribution in [0.3, 0.4) is 0 Å². The molecule has 0 bridgehead atoms. The van der Waals surface area contributed by atoms with Gasteiger partial charge in [-0.3, -0.25) is 0 Å². The second-order valence-electron chi connectivity index (χ2n) is 4.97. The quantitative estimate of drug-likeness (QED) is 0.915. The molecule has 2 rings (SSSR count). The topological polar surface area (TPSA) is 72.6 Å². The minimum atomic E-state index is -3.42. The molecule has 0 amide bonds. The first-order valence-electron chi connectivity index (χ1n) is 6.35. The molecule has 0 spiro atoms. The van der Waals surface area contributed by atoms with Crippen molar-refractivity contribution in [3.63, 3.8) is 0 Å². The number of methoxy groups -OCH3 is 1. The first-order chi connectivity index (χ1) is 8.95. The van der Waals surface area contributed by atoms with Gasteiger partial charge in [0.25, 0.3) is 0 Å². The normalized spacial score (nSPS) is 23.9. The van der Waals surface area contributed by atoms with E-state index in [-0.39, 0.29) is 24.4 Å². The third-order valence-corrected chi connectivity index (χ3v) is 5.51. The Labute approximate surface area is 126 Å². The molecule has 1 aliphatic heterocycles. The third kappa shape index (κ3) is 3.44. The maximum absolute atomic E-state index is 12.5. The van der Waals surface area contributed by atoms with E-state index in [0.29, 0.717) is 30.2 Å². The van der Waals surface area contributed by atoms with E-state index in [1.165, 1.54) is 4.31 Å². The number of ether oxygens (including phenoxy) is 1. The van der Waals surface area contributed by atoms with Crippen LogP contribution in [0.25, 0.3) is 0 Å². The lowest BCUT2D eigenvalue weighted by molar-refractivity contribution is 0.250. The van der Waals surface area contributed by atoms with Crippen molar-refractivity contribution < 1.29 is 13.2 Å². The van der Waals surface area contributed by atoms with Crippen LogP contribution in [0.1, 0.15) is 13.3 Å². The van der Waals surface area contributed by atoms with Crippen molar-refractivity contribution in [1.29, 1.82) is 0 Å². The molecular weight excluding hydrogens is 300 g/mol. The van der Waals surface area contributed by atoms with E-state index in [2.05, 4.69) is 0 Å². The van der Waals surface area contributed by atoms with Crippen LogP contribution >= 0.6 is 12.4 Å². The highest BCUT2D eigenvalue weighted by Crippen LogP contribution is 2.24. The molecule has 2 atom stereocenters. The van der Waals surface area contributed by atoms with Crippen molar-refractivity contribution in [3.8, 4) is 5.75 Å². The van der Waals surface area contributed by atoms with Crippen molar-refractivity contribution in [2.45, 2.75) is 24.3 Å². The summed E-state index contributed by atoms with van der Waals surface area (Å²) in [5.74, 6) is 0.828. The summed E-state index contributed by atoms with van der Waals surface area (Å²) in [4.78, 5) is 0.302. The molecule has 2 N–H and O–H groups in total. The lowest BCUT2D eigenvalue weighted by Crippen LogP contribution is -2.48. The van der Waals surface area contributed by atoms with Gasteiger partial charge in [0.2, 0.25) is 10.0 Å². The minimum Gasteiger partial charge on any atom is -0.497 e. The van der Waals surface area contributed by atoms with Crippen LogP contribution in [0.4, 0.5) is 0 Å². The van der Waals surface area contributed by atoms with Crippen LogP contribution in [0.2, 0.25) is 0 Å². The molecule has 1 aromatic carbocycles. The molecule has 1 aromatic rings. The fourth-order valence-corrected chi connectivity index (χ4v) is 3.80. The van der Waals surface area contributed by atoms with Crippen molar-refractivity contribution in [2.24, 2.45) is 11.7 Å².